The lowest BCUT2D eigenvalue weighted by atomic mass is 10.0. The first-order valence-electron chi connectivity index (χ1n) is 3.40. The molecule has 59 valence electrons. The van der Waals surface area contributed by atoms with Crippen LogP contribution in [0.15, 0.2) is 18.2 Å². The Balaban J connectivity index is 3.17. The summed E-state index contributed by atoms with van der Waals surface area (Å²) < 4.78 is 0. The molecule has 11 heavy (non-hydrogen) atoms. The van der Waals surface area contributed by atoms with Gasteiger partial charge in [-0.1, -0.05) is 42.3 Å². The lowest BCUT2D eigenvalue weighted by Crippen LogP contribution is -1.88. The van der Waals surface area contributed by atoms with Gasteiger partial charge in [-0.15, -0.1) is 0 Å². The average molecular weight is 188 g/mol. The maximum absolute atomic E-state index is 5.92. The lowest BCUT2D eigenvalue weighted by Gasteiger charge is -2.07. The van der Waals surface area contributed by atoms with Gasteiger partial charge in [-0.25, -0.2) is 0 Å². The second kappa shape index (κ2) is 3.46. The van der Waals surface area contributed by atoms with E-state index in [0.717, 1.165) is 5.56 Å². The third-order valence-corrected chi connectivity index (χ3v) is 2.35. The van der Waals surface area contributed by atoms with Crippen molar-refractivity contribution >= 4 is 23.2 Å². The molecule has 1 aromatic rings. The lowest BCUT2D eigenvalue weighted by molar-refractivity contribution is 0.965. The first-order chi connectivity index (χ1) is 5.13. The van der Waals surface area contributed by atoms with Crippen molar-refractivity contribution in [3.8, 4) is 0 Å². The standard InChI is InChI=1S/C9H9Cl2/c1-6(2)7-4-3-5-8(10)9(7)11/h3-6H,1H2,2H3. The molecule has 0 saturated carbocycles. The van der Waals surface area contributed by atoms with Crippen LogP contribution in [0.25, 0.3) is 0 Å². The molecule has 1 rings (SSSR count). The highest BCUT2D eigenvalue weighted by molar-refractivity contribution is 6.42. The zero-order valence-electron chi connectivity index (χ0n) is 6.27. The minimum atomic E-state index is 0.182. The molecule has 0 N–H and O–H groups in total. The smallest absolute Gasteiger partial charge is 0.0626 e. The molecule has 0 aliphatic heterocycles. The summed E-state index contributed by atoms with van der Waals surface area (Å²) in [6.45, 7) is 5.85. The van der Waals surface area contributed by atoms with Crippen molar-refractivity contribution in [1.82, 2.24) is 0 Å². The van der Waals surface area contributed by atoms with Crippen LogP contribution in [0.4, 0.5) is 0 Å². The maximum atomic E-state index is 5.92. The van der Waals surface area contributed by atoms with Gasteiger partial charge in [0, 0.05) is 0 Å². The average Bonchev–Trinajstić information content (AvgIpc) is 1.94. The Bertz CT molecular complexity index is 254. The molecule has 1 atom stereocenters. The molecular weight excluding hydrogens is 179 g/mol. The number of rotatable bonds is 1. The summed E-state index contributed by atoms with van der Waals surface area (Å²) >= 11 is 11.7. The van der Waals surface area contributed by atoms with E-state index >= 15 is 0 Å². The van der Waals surface area contributed by atoms with E-state index < -0.39 is 0 Å². The molecule has 0 nitrogen and oxygen atoms in total. The number of halogens is 2. The van der Waals surface area contributed by atoms with E-state index in [4.69, 9.17) is 23.2 Å². The molecule has 1 unspecified atom stereocenters. The maximum Gasteiger partial charge on any atom is 0.0626 e. The Hall–Kier alpha value is -0.200. The highest BCUT2D eigenvalue weighted by atomic mass is 35.5. The minimum absolute atomic E-state index is 0.182. The molecule has 0 fully saturated rings. The van der Waals surface area contributed by atoms with E-state index in [0.29, 0.717) is 10.0 Å². The molecule has 1 radical (unpaired) electrons. The van der Waals surface area contributed by atoms with Crippen molar-refractivity contribution in [3.05, 3.63) is 40.7 Å². The quantitative estimate of drug-likeness (QED) is 0.626. The predicted octanol–water partition coefficient (Wildman–Crippen LogP) is 3.93. The Morgan fingerprint density at radius 1 is 1.36 bits per heavy atom. The minimum Gasteiger partial charge on any atom is -0.0827 e. The summed E-state index contributed by atoms with van der Waals surface area (Å²) in [5.74, 6) is 0.182. The Morgan fingerprint density at radius 3 is 2.45 bits per heavy atom. The van der Waals surface area contributed by atoms with Gasteiger partial charge < -0.3 is 0 Å². The van der Waals surface area contributed by atoms with Crippen LogP contribution in [-0.4, -0.2) is 0 Å². The second-order valence-corrected chi connectivity index (χ2v) is 3.33. The van der Waals surface area contributed by atoms with Crippen molar-refractivity contribution < 1.29 is 0 Å². The first-order valence-corrected chi connectivity index (χ1v) is 4.15. The fourth-order valence-corrected chi connectivity index (χ4v) is 1.40. The molecule has 0 aliphatic carbocycles. The Morgan fingerprint density at radius 2 is 2.00 bits per heavy atom. The van der Waals surface area contributed by atoms with Crippen LogP contribution in [0.1, 0.15) is 18.4 Å². The molecule has 1 aromatic carbocycles. The zero-order chi connectivity index (χ0) is 8.43. The predicted molar refractivity (Wildman–Crippen MR) is 50.2 cm³/mol. The topological polar surface area (TPSA) is 0 Å². The van der Waals surface area contributed by atoms with E-state index in [1.165, 1.54) is 0 Å². The zero-order valence-corrected chi connectivity index (χ0v) is 7.78. The van der Waals surface area contributed by atoms with Gasteiger partial charge in [0.2, 0.25) is 0 Å². The van der Waals surface area contributed by atoms with Gasteiger partial charge in [0.25, 0.3) is 0 Å². The van der Waals surface area contributed by atoms with Crippen LogP contribution in [0.5, 0.6) is 0 Å². The molecule has 0 heterocycles. The molecule has 0 aromatic heterocycles. The van der Waals surface area contributed by atoms with E-state index in [9.17, 15) is 0 Å². The number of hydrogen-bond donors (Lipinski definition) is 0. The summed E-state index contributed by atoms with van der Waals surface area (Å²) in [4.78, 5) is 0. The fraction of sp³-hybridized carbons (Fsp3) is 0.222. The Labute approximate surface area is 77.1 Å². The number of hydrogen-bond acceptors (Lipinski definition) is 0. The van der Waals surface area contributed by atoms with Crippen molar-refractivity contribution in [1.29, 1.82) is 0 Å². The van der Waals surface area contributed by atoms with E-state index in [-0.39, 0.29) is 5.92 Å². The largest absolute Gasteiger partial charge is 0.0827 e. The summed E-state index contributed by atoms with van der Waals surface area (Å²) in [5, 5.41) is 1.22. The van der Waals surface area contributed by atoms with E-state index in [2.05, 4.69) is 6.92 Å². The van der Waals surface area contributed by atoms with Gasteiger partial charge >= 0.3 is 0 Å². The summed E-state index contributed by atoms with van der Waals surface area (Å²) in [6.07, 6.45) is 0. The highest BCUT2D eigenvalue weighted by Gasteiger charge is 2.06. The van der Waals surface area contributed by atoms with Gasteiger partial charge in [0.1, 0.15) is 0 Å². The third-order valence-electron chi connectivity index (χ3n) is 1.51. The van der Waals surface area contributed by atoms with Crippen molar-refractivity contribution in [2.24, 2.45) is 0 Å². The molecular formula is C9H9Cl2. The SMILES string of the molecule is [CH2]C(C)c1cccc(Cl)c1Cl. The van der Waals surface area contributed by atoms with Crippen molar-refractivity contribution in [2.45, 2.75) is 12.8 Å². The van der Waals surface area contributed by atoms with Crippen LogP contribution in [0, 0.1) is 6.92 Å². The van der Waals surface area contributed by atoms with Crippen LogP contribution in [-0.2, 0) is 0 Å². The summed E-state index contributed by atoms with van der Waals surface area (Å²) in [5.41, 5.74) is 0.999. The third kappa shape index (κ3) is 1.88. The Kier molecular flexibility index (Phi) is 2.80. The van der Waals surface area contributed by atoms with Crippen LogP contribution >= 0.6 is 23.2 Å². The van der Waals surface area contributed by atoms with Crippen molar-refractivity contribution in [2.75, 3.05) is 0 Å². The first kappa shape index (κ1) is 8.89. The molecule has 0 aliphatic rings. The molecule has 0 saturated heterocycles. The van der Waals surface area contributed by atoms with Crippen LogP contribution in [0.3, 0.4) is 0 Å². The normalized spacial score (nSPS) is 10.6. The monoisotopic (exact) mass is 187 g/mol. The highest BCUT2D eigenvalue weighted by Crippen LogP contribution is 2.29. The number of benzene rings is 1. The van der Waals surface area contributed by atoms with E-state index in [1.54, 1.807) is 6.07 Å². The van der Waals surface area contributed by atoms with Gasteiger partial charge in [0.15, 0.2) is 0 Å². The van der Waals surface area contributed by atoms with E-state index in [1.807, 2.05) is 19.1 Å². The van der Waals surface area contributed by atoms with Gasteiger partial charge in [-0.05, 0) is 24.5 Å². The van der Waals surface area contributed by atoms with Gasteiger partial charge in [-0.2, -0.15) is 0 Å². The summed E-state index contributed by atoms with van der Waals surface area (Å²) in [6, 6.07) is 5.59. The fourth-order valence-electron chi connectivity index (χ4n) is 0.901. The summed E-state index contributed by atoms with van der Waals surface area (Å²) in [7, 11) is 0. The second-order valence-electron chi connectivity index (χ2n) is 2.54. The van der Waals surface area contributed by atoms with Crippen LogP contribution in [0.2, 0.25) is 10.0 Å². The van der Waals surface area contributed by atoms with Crippen molar-refractivity contribution in [3.63, 3.8) is 0 Å². The van der Waals surface area contributed by atoms with Crippen LogP contribution < -0.4 is 0 Å². The van der Waals surface area contributed by atoms with Gasteiger partial charge in [-0.3, -0.25) is 0 Å². The molecule has 0 bridgehead atoms. The van der Waals surface area contributed by atoms with Gasteiger partial charge in [0.05, 0.1) is 10.0 Å². The molecule has 0 spiro atoms. The molecule has 0 amide bonds. The molecule has 2 heteroatoms.